The average molecular weight is 510 g/mol. The third-order valence-electron chi connectivity index (χ3n) is 4.89. The Morgan fingerprint density at radius 2 is 1.84 bits per heavy atom. The van der Waals surface area contributed by atoms with Crippen LogP contribution in [0.25, 0.3) is 10.2 Å². The van der Waals surface area contributed by atoms with E-state index in [-0.39, 0.29) is 17.0 Å². The summed E-state index contributed by atoms with van der Waals surface area (Å²) in [5, 5.41) is 0.708. The van der Waals surface area contributed by atoms with Gasteiger partial charge in [0.15, 0.2) is 4.80 Å². The van der Waals surface area contributed by atoms with Gasteiger partial charge in [-0.15, -0.1) is 6.42 Å². The summed E-state index contributed by atoms with van der Waals surface area (Å²) in [6, 6.07) is 9.16. The molecule has 0 N–H and O–H groups in total. The number of rotatable bonds is 4. The number of thiazole rings is 1. The highest BCUT2D eigenvalue weighted by Gasteiger charge is 2.26. The normalized spacial score (nSPS) is 15.7. The zero-order chi connectivity index (χ0) is 22.9. The van der Waals surface area contributed by atoms with E-state index in [9.17, 15) is 13.2 Å². The summed E-state index contributed by atoms with van der Waals surface area (Å²) in [6.45, 7) is 1.47. The van der Waals surface area contributed by atoms with Crippen LogP contribution in [0.4, 0.5) is 0 Å². The molecular weight excluding hydrogens is 493 g/mol. The summed E-state index contributed by atoms with van der Waals surface area (Å²) in [6.07, 6.45) is 5.49. The van der Waals surface area contributed by atoms with Crippen LogP contribution in [0.1, 0.15) is 10.4 Å². The summed E-state index contributed by atoms with van der Waals surface area (Å²) in [5.74, 6) is 2.01. The first-order chi connectivity index (χ1) is 15.3. The van der Waals surface area contributed by atoms with Gasteiger partial charge in [-0.25, -0.2) is 8.42 Å². The molecule has 0 atom stereocenters. The van der Waals surface area contributed by atoms with Crippen LogP contribution in [0.15, 0.2) is 46.3 Å². The van der Waals surface area contributed by atoms with Crippen LogP contribution in [0.5, 0.6) is 0 Å². The minimum Gasteiger partial charge on any atom is -0.379 e. The molecular formula is C21H17Cl2N3O4S2. The molecule has 4 rings (SSSR count). The predicted octanol–water partition coefficient (Wildman–Crippen LogP) is 3.40. The third kappa shape index (κ3) is 4.35. The second-order valence-electron chi connectivity index (χ2n) is 6.84. The van der Waals surface area contributed by atoms with Gasteiger partial charge in [-0.3, -0.25) is 4.79 Å². The molecule has 1 aromatic heterocycles. The maximum absolute atomic E-state index is 12.8. The number of benzene rings is 2. The molecule has 1 aliphatic rings. The smallest absolute Gasteiger partial charge is 0.279 e. The SMILES string of the molecule is C#CCn1c(=NC(=O)c2ccc(S(=O)(=O)N3CCOCC3)cc2)sc2ccc(Cl)c(Cl)c21. The first kappa shape index (κ1) is 23.0. The van der Waals surface area contributed by atoms with E-state index >= 15 is 0 Å². The minimum atomic E-state index is -3.64. The Kier molecular flexibility index (Phi) is 6.72. The lowest BCUT2D eigenvalue weighted by Gasteiger charge is -2.26. The predicted molar refractivity (Wildman–Crippen MR) is 125 cm³/mol. The highest BCUT2D eigenvalue weighted by atomic mass is 35.5. The molecule has 2 heterocycles. The van der Waals surface area contributed by atoms with Gasteiger partial charge in [0, 0.05) is 18.7 Å². The summed E-state index contributed by atoms with van der Waals surface area (Å²) in [5.41, 5.74) is 0.861. The molecule has 0 spiro atoms. The van der Waals surface area contributed by atoms with Crippen LogP contribution < -0.4 is 4.80 Å². The molecule has 1 aliphatic heterocycles. The Morgan fingerprint density at radius 1 is 1.16 bits per heavy atom. The van der Waals surface area contributed by atoms with Crippen molar-refractivity contribution in [3.63, 3.8) is 0 Å². The minimum absolute atomic E-state index is 0.113. The van der Waals surface area contributed by atoms with Crippen LogP contribution in [0, 0.1) is 12.3 Å². The van der Waals surface area contributed by atoms with Gasteiger partial charge in [0.1, 0.15) is 0 Å². The van der Waals surface area contributed by atoms with Gasteiger partial charge in [0.2, 0.25) is 10.0 Å². The first-order valence-electron chi connectivity index (χ1n) is 9.51. The molecule has 0 aliphatic carbocycles. The summed E-state index contributed by atoms with van der Waals surface area (Å²) in [7, 11) is -3.64. The van der Waals surface area contributed by atoms with Gasteiger partial charge >= 0.3 is 0 Å². The number of aromatic nitrogens is 1. The summed E-state index contributed by atoms with van der Waals surface area (Å²) in [4.78, 5) is 17.5. The summed E-state index contributed by atoms with van der Waals surface area (Å²) >= 11 is 13.7. The number of carbonyl (C=O) groups excluding carboxylic acids is 1. The van der Waals surface area contributed by atoms with Gasteiger partial charge in [0.05, 0.1) is 44.9 Å². The Morgan fingerprint density at radius 3 is 2.50 bits per heavy atom. The van der Waals surface area contributed by atoms with Crippen LogP contribution in [0.3, 0.4) is 0 Å². The monoisotopic (exact) mass is 509 g/mol. The largest absolute Gasteiger partial charge is 0.379 e. The third-order valence-corrected chi connectivity index (χ3v) is 8.64. The molecule has 7 nitrogen and oxygen atoms in total. The quantitative estimate of drug-likeness (QED) is 0.504. The number of ether oxygens (including phenoxy) is 1. The lowest BCUT2D eigenvalue weighted by atomic mass is 10.2. The number of hydrogen-bond donors (Lipinski definition) is 0. The van der Waals surface area contributed by atoms with Crippen LogP contribution in [-0.2, 0) is 21.3 Å². The Balaban J connectivity index is 1.68. The van der Waals surface area contributed by atoms with Crippen molar-refractivity contribution in [2.75, 3.05) is 26.3 Å². The molecule has 0 bridgehead atoms. The van der Waals surface area contributed by atoms with Gasteiger partial charge in [-0.1, -0.05) is 40.5 Å². The van der Waals surface area contributed by atoms with Crippen molar-refractivity contribution >= 4 is 60.7 Å². The van der Waals surface area contributed by atoms with Crippen molar-refractivity contribution in [3.05, 3.63) is 56.8 Å². The molecule has 11 heteroatoms. The van der Waals surface area contributed by atoms with E-state index in [0.717, 1.165) is 4.70 Å². The molecule has 0 unspecified atom stereocenters. The topological polar surface area (TPSA) is 81.0 Å². The van der Waals surface area contributed by atoms with Crippen molar-refractivity contribution in [1.29, 1.82) is 0 Å². The van der Waals surface area contributed by atoms with Crippen LogP contribution >= 0.6 is 34.5 Å². The molecule has 166 valence electrons. The number of amides is 1. The maximum atomic E-state index is 12.8. The fraction of sp³-hybridized carbons (Fsp3) is 0.238. The molecule has 2 aromatic carbocycles. The number of morpholine rings is 1. The Hall–Kier alpha value is -2.19. The zero-order valence-electron chi connectivity index (χ0n) is 16.6. The van der Waals surface area contributed by atoms with Gasteiger partial charge < -0.3 is 9.30 Å². The van der Waals surface area contributed by atoms with E-state index in [1.807, 2.05) is 0 Å². The van der Waals surface area contributed by atoms with Gasteiger partial charge in [-0.05, 0) is 36.4 Å². The molecule has 1 fully saturated rings. The standard InChI is InChI=1S/C21H17Cl2N3O4S2/c1-2-9-26-19-17(8-7-16(22)18(19)23)31-21(26)24-20(27)14-3-5-15(6-4-14)32(28,29)25-10-12-30-13-11-25/h1,3-8H,9-13H2. The second-order valence-corrected chi connectivity index (χ2v) is 10.6. The lowest BCUT2D eigenvalue weighted by molar-refractivity contribution is 0.0730. The second kappa shape index (κ2) is 9.35. The lowest BCUT2D eigenvalue weighted by Crippen LogP contribution is -2.40. The van der Waals surface area contributed by atoms with Crippen molar-refractivity contribution in [1.82, 2.24) is 8.87 Å². The highest BCUT2D eigenvalue weighted by molar-refractivity contribution is 7.89. The summed E-state index contributed by atoms with van der Waals surface area (Å²) < 4.78 is 34.5. The number of carbonyl (C=O) groups is 1. The van der Waals surface area contributed by atoms with Crippen LogP contribution in [0.2, 0.25) is 10.0 Å². The van der Waals surface area contributed by atoms with Crippen molar-refractivity contribution < 1.29 is 17.9 Å². The van der Waals surface area contributed by atoms with E-state index in [4.69, 9.17) is 34.4 Å². The molecule has 1 saturated heterocycles. The van der Waals surface area contributed by atoms with E-state index < -0.39 is 15.9 Å². The number of fused-ring (bicyclic) bond motifs is 1. The maximum Gasteiger partial charge on any atom is 0.279 e. The number of nitrogens with zero attached hydrogens (tertiary/aromatic N) is 3. The van der Waals surface area contributed by atoms with E-state index in [2.05, 4.69) is 10.9 Å². The number of sulfonamides is 1. The first-order valence-corrected chi connectivity index (χ1v) is 12.5. The molecule has 0 saturated carbocycles. The Labute approximate surface area is 198 Å². The highest BCUT2D eigenvalue weighted by Crippen LogP contribution is 2.32. The van der Waals surface area contributed by atoms with Crippen LogP contribution in [-0.4, -0.2) is 49.5 Å². The van der Waals surface area contributed by atoms with E-state index in [0.29, 0.717) is 46.7 Å². The molecule has 3 aromatic rings. The number of halogens is 2. The van der Waals surface area contributed by atoms with Gasteiger partial charge in [0.25, 0.3) is 5.91 Å². The zero-order valence-corrected chi connectivity index (χ0v) is 19.8. The van der Waals surface area contributed by atoms with Crippen molar-refractivity contribution in [3.8, 4) is 12.3 Å². The molecule has 0 radical (unpaired) electrons. The average Bonchev–Trinajstić information content (AvgIpc) is 3.15. The molecule has 1 amide bonds. The van der Waals surface area contributed by atoms with Crippen molar-refractivity contribution in [2.24, 2.45) is 4.99 Å². The van der Waals surface area contributed by atoms with Crippen molar-refractivity contribution in [2.45, 2.75) is 11.4 Å². The van der Waals surface area contributed by atoms with Gasteiger partial charge in [-0.2, -0.15) is 9.30 Å². The number of terminal acetylenes is 1. The van der Waals surface area contributed by atoms with E-state index in [1.165, 1.54) is 39.9 Å². The molecule has 32 heavy (non-hydrogen) atoms. The van der Waals surface area contributed by atoms with E-state index in [1.54, 1.807) is 16.7 Å². The fourth-order valence-electron chi connectivity index (χ4n) is 3.28. The Bertz CT molecular complexity index is 1400. The fourth-order valence-corrected chi connectivity index (χ4v) is 6.20. The number of hydrogen-bond acceptors (Lipinski definition) is 5.